The number of hydrogen-bond acceptors (Lipinski definition) is 9. The number of carbonyl (C=O) groups is 2. The third-order valence-corrected chi connectivity index (χ3v) is 14.9. The van der Waals surface area contributed by atoms with Crippen molar-refractivity contribution in [1.29, 1.82) is 0 Å². The van der Waals surface area contributed by atoms with Crippen LogP contribution in [-0.4, -0.2) is 91.3 Å². The van der Waals surface area contributed by atoms with Gasteiger partial charge in [0.2, 0.25) is 11.8 Å². The minimum absolute atomic E-state index is 0.0190. The molecule has 1 saturated carbocycles. The Kier molecular flexibility index (Phi) is 12.3. The number of anilines is 1. The van der Waals surface area contributed by atoms with Gasteiger partial charge in [-0.15, -0.1) is 0 Å². The molecule has 5 aliphatic rings. The van der Waals surface area contributed by atoms with Gasteiger partial charge in [-0.05, 0) is 150 Å². The SMILES string of the molecule is CNc1ccc(OC2C(C)(C)C(NC(=O)C3CCC(N4CCC(Cc5ccc(Oc6ccc(C(C)(C)O)cc6C6=CN(C)C(=O)C7NCCC67)cc5)CC4)NC3)C2(C)C)cc1C. The molecule has 4 unspecified atom stereocenters. The Labute approximate surface area is 369 Å². The van der Waals surface area contributed by atoms with E-state index in [-0.39, 0.29) is 52.7 Å². The third-order valence-electron chi connectivity index (χ3n) is 14.9. The Bertz CT molecular complexity index is 2130. The minimum Gasteiger partial charge on any atom is -0.489 e. The predicted octanol–water partition coefficient (Wildman–Crippen LogP) is 7.43. The lowest BCUT2D eigenvalue weighted by Gasteiger charge is -2.63. The van der Waals surface area contributed by atoms with Gasteiger partial charge in [-0.2, -0.15) is 0 Å². The molecular weight excluding hydrogens is 777 g/mol. The summed E-state index contributed by atoms with van der Waals surface area (Å²) >= 11 is 0. The maximum atomic E-state index is 13.7. The number of amides is 2. The zero-order valence-electron chi connectivity index (χ0n) is 38.4. The van der Waals surface area contributed by atoms with Crippen molar-refractivity contribution in [3.63, 3.8) is 0 Å². The fourth-order valence-electron chi connectivity index (χ4n) is 11.6. The number of likely N-dealkylation sites (tertiary alicyclic amines) is 1. The van der Waals surface area contributed by atoms with Crippen molar-refractivity contribution < 1.29 is 24.2 Å². The molecule has 3 saturated heterocycles. The van der Waals surface area contributed by atoms with E-state index in [2.05, 4.69) is 97.2 Å². The summed E-state index contributed by atoms with van der Waals surface area (Å²) in [6, 6.07) is 20.3. The van der Waals surface area contributed by atoms with E-state index < -0.39 is 5.60 Å². The second-order valence-electron chi connectivity index (χ2n) is 20.6. The number of fused-ring (bicyclic) bond motifs is 1. The van der Waals surface area contributed by atoms with Crippen LogP contribution in [-0.2, 0) is 21.6 Å². The monoisotopic (exact) mass is 847 g/mol. The number of carbonyl (C=O) groups excluding carboxylic acids is 2. The van der Waals surface area contributed by atoms with Gasteiger partial charge in [-0.3, -0.25) is 14.5 Å². The molecule has 4 heterocycles. The first-order chi connectivity index (χ1) is 29.4. The largest absolute Gasteiger partial charge is 0.489 e. The van der Waals surface area contributed by atoms with Crippen molar-refractivity contribution in [2.75, 3.05) is 45.6 Å². The Balaban J connectivity index is 0.809. The number of ether oxygens (including phenoxy) is 2. The summed E-state index contributed by atoms with van der Waals surface area (Å²) in [5, 5.41) is 24.7. The molecule has 334 valence electrons. The van der Waals surface area contributed by atoms with Crippen LogP contribution in [0.3, 0.4) is 0 Å². The molecule has 4 fully saturated rings. The van der Waals surface area contributed by atoms with E-state index in [0.717, 1.165) is 97.6 Å². The van der Waals surface area contributed by atoms with Crippen molar-refractivity contribution in [2.24, 2.45) is 28.6 Å². The van der Waals surface area contributed by atoms with Crippen molar-refractivity contribution >= 4 is 23.1 Å². The van der Waals surface area contributed by atoms with E-state index in [0.29, 0.717) is 24.4 Å². The standard InChI is InChI=1S/C51H70N6O5/c1-31-26-37(16-17-41(31)52-8)62-48-49(2,3)47(50(48,4)5)55-45(58)34-12-19-43(54-29-34)57-24-21-33(22-25-57)27-32-10-14-36(15-11-32)61-42-18-13-35(51(6,7)60)28-39(42)40-30-56(9)46(59)44-38(40)20-23-53-44/h10-11,13-18,26,28,30,33-34,38,43-44,47-48,52-54,60H,12,19-25,27,29H2,1-9H3,(H,55,58). The van der Waals surface area contributed by atoms with E-state index in [9.17, 15) is 14.7 Å². The van der Waals surface area contributed by atoms with Crippen LogP contribution in [0.5, 0.6) is 17.2 Å². The first-order valence-corrected chi connectivity index (χ1v) is 23.0. The molecule has 11 heteroatoms. The number of aryl methyl sites for hydroxylation is 1. The van der Waals surface area contributed by atoms with E-state index >= 15 is 0 Å². The van der Waals surface area contributed by atoms with Gasteiger partial charge >= 0.3 is 0 Å². The second kappa shape index (κ2) is 17.3. The van der Waals surface area contributed by atoms with Crippen molar-refractivity contribution in [2.45, 2.75) is 117 Å². The summed E-state index contributed by atoms with van der Waals surface area (Å²) in [6.45, 7) is 18.1. The number of rotatable bonds is 12. The number of benzene rings is 3. The smallest absolute Gasteiger partial charge is 0.244 e. The average molecular weight is 847 g/mol. The van der Waals surface area contributed by atoms with Crippen LogP contribution in [0, 0.1) is 35.5 Å². The molecule has 3 aromatic carbocycles. The Morgan fingerprint density at radius 2 is 1.63 bits per heavy atom. The first-order valence-electron chi connectivity index (χ1n) is 23.0. The van der Waals surface area contributed by atoms with Gasteiger partial charge in [0.25, 0.3) is 0 Å². The number of likely N-dealkylation sites (N-methyl/N-ethyl adjacent to an activating group) is 1. The number of nitrogens with one attached hydrogen (secondary N) is 4. The molecule has 62 heavy (non-hydrogen) atoms. The quantitative estimate of drug-likeness (QED) is 0.127. The van der Waals surface area contributed by atoms with E-state index in [1.54, 1.807) is 18.7 Å². The van der Waals surface area contributed by atoms with Crippen LogP contribution in [0.15, 0.2) is 66.9 Å². The molecule has 4 atom stereocenters. The summed E-state index contributed by atoms with van der Waals surface area (Å²) in [4.78, 5) is 30.9. The maximum absolute atomic E-state index is 13.7. The van der Waals surface area contributed by atoms with E-state index in [1.807, 2.05) is 44.6 Å². The van der Waals surface area contributed by atoms with Crippen molar-refractivity contribution in [1.82, 2.24) is 25.8 Å². The van der Waals surface area contributed by atoms with Gasteiger partial charge in [0, 0.05) is 60.9 Å². The van der Waals surface area contributed by atoms with E-state index in [4.69, 9.17) is 9.47 Å². The Morgan fingerprint density at radius 3 is 2.27 bits per heavy atom. The highest BCUT2D eigenvalue weighted by molar-refractivity contribution is 5.91. The summed E-state index contributed by atoms with van der Waals surface area (Å²) in [5.41, 5.74) is 4.89. The summed E-state index contributed by atoms with van der Waals surface area (Å²) in [6.07, 6.45) is 8.30. The number of hydrogen-bond donors (Lipinski definition) is 5. The summed E-state index contributed by atoms with van der Waals surface area (Å²) in [7, 11) is 3.74. The highest BCUT2D eigenvalue weighted by atomic mass is 16.5. The maximum Gasteiger partial charge on any atom is 0.244 e. The van der Waals surface area contributed by atoms with Crippen molar-refractivity contribution in [3.8, 4) is 17.2 Å². The molecule has 11 nitrogen and oxygen atoms in total. The summed E-state index contributed by atoms with van der Waals surface area (Å²) in [5.74, 6) is 3.22. The van der Waals surface area contributed by atoms with Gasteiger partial charge in [0.05, 0.1) is 23.7 Å². The lowest BCUT2D eigenvalue weighted by Crippen LogP contribution is -2.75. The van der Waals surface area contributed by atoms with Crippen LogP contribution in [0.4, 0.5) is 5.69 Å². The van der Waals surface area contributed by atoms with Crippen LogP contribution < -0.4 is 30.7 Å². The van der Waals surface area contributed by atoms with Gasteiger partial charge < -0.3 is 40.7 Å². The molecule has 0 aromatic heterocycles. The average Bonchev–Trinajstić information content (AvgIpc) is 3.75. The molecule has 8 rings (SSSR count). The van der Waals surface area contributed by atoms with Crippen LogP contribution >= 0.6 is 0 Å². The lowest BCUT2D eigenvalue weighted by molar-refractivity contribution is -0.175. The Hall–Kier alpha value is -4.42. The molecule has 2 amide bonds. The van der Waals surface area contributed by atoms with E-state index in [1.165, 1.54) is 5.56 Å². The second-order valence-corrected chi connectivity index (χ2v) is 20.6. The molecule has 1 aliphatic carbocycles. The number of aliphatic hydroxyl groups is 1. The van der Waals surface area contributed by atoms with Crippen molar-refractivity contribution in [3.05, 3.63) is 89.1 Å². The van der Waals surface area contributed by atoms with Gasteiger partial charge in [0.1, 0.15) is 23.4 Å². The third kappa shape index (κ3) is 8.75. The summed E-state index contributed by atoms with van der Waals surface area (Å²) < 4.78 is 13.2. The number of piperidine rings is 2. The Morgan fingerprint density at radius 1 is 0.919 bits per heavy atom. The zero-order valence-corrected chi connectivity index (χ0v) is 38.4. The molecule has 0 spiro atoms. The zero-order chi connectivity index (χ0) is 44.1. The number of nitrogens with zero attached hydrogens (tertiary/aromatic N) is 2. The highest BCUT2D eigenvalue weighted by Gasteiger charge is 2.64. The molecule has 3 aromatic rings. The van der Waals surface area contributed by atoms with Gasteiger partial charge in [-0.1, -0.05) is 45.9 Å². The first kappa shape index (κ1) is 44.2. The van der Waals surface area contributed by atoms with Gasteiger partial charge in [-0.25, -0.2) is 0 Å². The van der Waals surface area contributed by atoms with Gasteiger partial charge in [0.15, 0.2) is 0 Å². The lowest BCUT2D eigenvalue weighted by atomic mass is 9.49. The molecule has 0 bridgehead atoms. The minimum atomic E-state index is -1.02. The normalized spacial score (nSPS) is 27.5. The predicted molar refractivity (Wildman–Crippen MR) is 246 cm³/mol. The fourth-order valence-corrected chi connectivity index (χ4v) is 11.6. The molecular formula is C51H70N6O5. The van der Waals surface area contributed by atoms with Crippen LogP contribution in [0.1, 0.15) is 95.9 Å². The van der Waals surface area contributed by atoms with Crippen LogP contribution in [0.25, 0.3) is 5.57 Å². The fraction of sp³-hybridized carbons (Fsp3) is 0.569. The molecule has 0 radical (unpaired) electrons. The molecule has 4 aliphatic heterocycles. The van der Waals surface area contributed by atoms with Crippen LogP contribution in [0.2, 0.25) is 0 Å². The highest BCUT2D eigenvalue weighted by Crippen LogP contribution is 2.56. The topological polar surface area (TPSA) is 127 Å². The molecule has 5 N–H and O–H groups in total.